The molecule has 0 aromatic carbocycles. The molecule has 2 N–H and O–H groups in total. The molecule has 1 amide bonds. The Morgan fingerprint density at radius 2 is 2.67 bits per heavy atom. The molecule has 3 heteroatoms. The van der Waals surface area contributed by atoms with Gasteiger partial charge in [-0.1, -0.05) is 12.2 Å². The second-order valence-electron chi connectivity index (χ2n) is 2.43. The Balaban J connectivity index is 2.45. The number of dihydropyridines is 1. The molecule has 0 bridgehead atoms. The highest BCUT2D eigenvalue weighted by Crippen LogP contribution is 1.97. The zero-order chi connectivity index (χ0) is 8.81. The van der Waals surface area contributed by atoms with E-state index in [1.807, 2.05) is 12.3 Å². The van der Waals surface area contributed by atoms with E-state index in [4.69, 9.17) is 0 Å². The third-order valence-corrected chi connectivity index (χ3v) is 1.50. The molecule has 1 aliphatic rings. The zero-order valence-corrected chi connectivity index (χ0v) is 6.84. The predicted molar refractivity (Wildman–Crippen MR) is 48.4 cm³/mol. The molecule has 64 valence electrons. The minimum Gasteiger partial charge on any atom is -0.387 e. The Bertz CT molecular complexity index is 241. The molecular weight excluding hydrogens is 152 g/mol. The van der Waals surface area contributed by atoms with Gasteiger partial charge in [0.05, 0.1) is 0 Å². The van der Waals surface area contributed by atoms with Gasteiger partial charge in [-0.25, -0.2) is 0 Å². The smallest absolute Gasteiger partial charge is 0.249 e. The van der Waals surface area contributed by atoms with Crippen molar-refractivity contribution in [2.75, 3.05) is 13.1 Å². The molecule has 0 aliphatic carbocycles. The third kappa shape index (κ3) is 2.27. The van der Waals surface area contributed by atoms with Gasteiger partial charge in [-0.15, -0.1) is 6.58 Å². The van der Waals surface area contributed by atoms with Crippen LogP contribution in [0.5, 0.6) is 0 Å². The lowest BCUT2D eigenvalue weighted by Crippen LogP contribution is -2.30. The lowest BCUT2D eigenvalue weighted by atomic mass is 10.2. The molecule has 0 fully saturated rings. The fourth-order valence-electron chi connectivity index (χ4n) is 0.894. The Morgan fingerprint density at radius 3 is 3.25 bits per heavy atom. The molecule has 0 unspecified atom stereocenters. The van der Waals surface area contributed by atoms with Crippen LogP contribution in [0.1, 0.15) is 0 Å². The third-order valence-electron chi connectivity index (χ3n) is 1.50. The van der Waals surface area contributed by atoms with Gasteiger partial charge in [0.25, 0.3) is 0 Å². The predicted octanol–water partition coefficient (Wildman–Crippen LogP) is 0.332. The molecule has 3 nitrogen and oxygen atoms in total. The molecule has 1 rings (SSSR count). The van der Waals surface area contributed by atoms with Crippen molar-refractivity contribution in [2.45, 2.75) is 0 Å². The number of carbonyl (C=O) groups excluding carboxylic acids is 1. The van der Waals surface area contributed by atoms with E-state index in [9.17, 15) is 4.79 Å². The van der Waals surface area contributed by atoms with Gasteiger partial charge in [0.15, 0.2) is 0 Å². The fraction of sp³-hybridized carbons (Fsp3) is 0.222. The van der Waals surface area contributed by atoms with E-state index in [2.05, 4.69) is 17.2 Å². The van der Waals surface area contributed by atoms with Crippen LogP contribution in [0.25, 0.3) is 0 Å². The summed E-state index contributed by atoms with van der Waals surface area (Å²) in [7, 11) is 0. The van der Waals surface area contributed by atoms with Gasteiger partial charge >= 0.3 is 0 Å². The van der Waals surface area contributed by atoms with E-state index in [0.717, 1.165) is 5.57 Å². The van der Waals surface area contributed by atoms with Gasteiger partial charge < -0.3 is 10.6 Å². The topological polar surface area (TPSA) is 41.1 Å². The van der Waals surface area contributed by atoms with Crippen molar-refractivity contribution >= 4 is 5.91 Å². The van der Waals surface area contributed by atoms with E-state index >= 15 is 0 Å². The molecular formula is C9H12N2O. The average molecular weight is 164 g/mol. The highest BCUT2D eigenvalue weighted by Gasteiger charge is 2.07. The van der Waals surface area contributed by atoms with Gasteiger partial charge in [0, 0.05) is 18.7 Å². The summed E-state index contributed by atoms with van der Waals surface area (Å²) in [6, 6.07) is 0. The number of rotatable bonds is 3. The summed E-state index contributed by atoms with van der Waals surface area (Å²) in [5, 5.41) is 5.66. The minimum absolute atomic E-state index is 0.0354. The molecule has 1 heterocycles. The number of nitrogens with one attached hydrogen (secondary N) is 2. The summed E-state index contributed by atoms with van der Waals surface area (Å²) in [4.78, 5) is 11.3. The van der Waals surface area contributed by atoms with Crippen molar-refractivity contribution in [2.24, 2.45) is 0 Å². The van der Waals surface area contributed by atoms with Crippen LogP contribution < -0.4 is 10.6 Å². The number of amides is 1. The van der Waals surface area contributed by atoms with Crippen LogP contribution in [0.2, 0.25) is 0 Å². The molecule has 0 atom stereocenters. The number of hydrogen-bond donors (Lipinski definition) is 2. The maximum atomic E-state index is 11.3. The van der Waals surface area contributed by atoms with Crippen molar-refractivity contribution in [3.8, 4) is 0 Å². The molecule has 1 aliphatic heterocycles. The standard InChI is InChI=1S/C9H12N2O/c1-2-5-11-9(12)8-4-3-6-10-7-8/h2-4,6,10H,1,5,7H2,(H,11,12). The summed E-state index contributed by atoms with van der Waals surface area (Å²) < 4.78 is 0. The number of allylic oxidation sites excluding steroid dienone is 2. The number of hydrogen-bond acceptors (Lipinski definition) is 2. The van der Waals surface area contributed by atoms with Crippen molar-refractivity contribution < 1.29 is 4.79 Å². The molecule has 0 saturated carbocycles. The monoisotopic (exact) mass is 164 g/mol. The molecule has 0 aromatic heterocycles. The van der Waals surface area contributed by atoms with Crippen LogP contribution in [-0.2, 0) is 4.79 Å². The molecule has 0 saturated heterocycles. The Hall–Kier alpha value is -1.51. The summed E-state index contributed by atoms with van der Waals surface area (Å²) in [5.74, 6) is -0.0354. The van der Waals surface area contributed by atoms with Crippen molar-refractivity contribution in [1.29, 1.82) is 0 Å². The first-order chi connectivity index (χ1) is 5.84. The first-order valence-corrected chi connectivity index (χ1v) is 3.83. The second-order valence-corrected chi connectivity index (χ2v) is 2.43. The lowest BCUT2D eigenvalue weighted by Gasteiger charge is -2.09. The van der Waals surface area contributed by atoms with E-state index in [-0.39, 0.29) is 5.91 Å². The molecule has 0 aromatic rings. The summed E-state index contributed by atoms with van der Waals surface area (Å²) in [5.41, 5.74) is 0.749. The molecule has 0 radical (unpaired) electrons. The Labute approximate surface area is 71.8 Å². The van der Waals surface area contributed by atoms with Crippen LogP contribution in [0.3, 0.4) is 0 Å². The van der Waals surface area contributed by atoms with Crippen molar-refractivity contribution in [3.63, 3.8) is 0 Å². The van der Waals surface area contributed by atoms with E-state index < -0.39 is 0 Å². The van der Waals surface area contributed by atoms with Crippen LogP contribution in [0.4, 0.5) is 0 Å². The van der Waals surface area contributed by atoms with Gasteiger partial charge in [0.1, 0.15) is 0 Å². The first kappa shape index (κ1) is 8.59. The van der Waals surface area contributed by atoms with Gasteiger partial charge in [-0.3, -0.25) is 4.79 Å². The van der Waals surface area contributed by atoms with Crippen molar-refractivity contribution in [1.82, 2.24) is 10.6 Å². The zero-order valence-electron chi connectivity index (χ0n) is 6.84. The summed E-state index contributed by atoms with van der Waals surface area (Å²) in [6.45, 7) is 4.62. The first-order valence-electron chi connectivity index (χ1n) is 3.83. The van der Waals surface area contributed by atoms with Gasteiger partial charge in [-0.2, -0.15) is 0 Å². The van der Waals surface area contributed by atoms with E-state index in [1.165, 1.54) is 0 Å². The average Bonchev–Trinajstić information content (AvgIpc) is 2.15. The lowest BCUT2D eigenvalue weighted by molar-refractivity contribution is -0.117. The van der Waals surface area contributed by atoms with E-state index in [1.54, 1.807) is 12.2 Å². The van der Waals surface area contributed by atoms with Crippen LogP contribution in [-0.4, -0.2) is 19.0 Å². The normalized spacial score (nSPS) is 14.5. The van der Waals surface area contributed by atoms with Crippen molar-refractivity contribution in [3.05, 3.63) is 36.6 Å². The second kappa shape index (κ2) is 4.38. The molecule has 12 heavy (non-hydrogen) atoms. The highest BCUT2D eigenvalue weighted by atomic mass is 16.1. The maximum absolute atomic E-state index is 11.3. The Morgan fingerprint density at radius 1 is 1.83 bits per heavy atom. The largest absolute Gasteiger partial charge is 0.387 e. The maximum Gasteiger partial charge on any atom is 0.249 e. The minimum atomic E-state index is -0.0354. The fourth-order valence-corrected chi connectivity index (χ4v) is 0.894. The number of carbonyl (C=O) groups is 1. The van der Waals surface area contributed by atoms with Gasteiger partial charge in [0.2, 0.25) is 5.91 Å². The Kier molecular flexibility index (Phi) is 3.14. The quantitative estimate of drug-likeness (QED) is 0.590. The highest BCUT2D eigenvalue weighted by molar-refractivity contribution is 5.94. The van der Waals surface area contributed by atoms with E-state index in [0.29, 0.717) is 13.1 Å². The van der Waals surface area contributed by atoms with Crippen LogP contribution in [0, 0.1) is 0 Å². The SMILES string of the molecule is C=CCNC(=O)C1=CC=CNC1. The molecule has 0 spiro atoms. The van der Waals surface area contributed by atoms with Crippen LogP contribution in [0.15, 0.2) is 36.6 Å². The van der Waals surface area contributed by atoms with Gasteiger partial charge in [-0.05, 0) is 12.3 Å². The van der Waals surface area contributed by atoms with Crippen LogP contribution >= 0.6 is 0 Å². The summed E-state index contributed by atoms with van der Waals surface area (Å²) in [6.07, 6.45) is 7.08. The summed E-state index contributed by atoms with van der Waals surface area (Å²) >= 11 is 0.